The number of phenolic OH excluding ortho intramolecular Hbond substituents is 1. The van der Waals surface area contributed by atoms with Crippen molar-refractivity contribution in [3.63, 3.8) is 0 Å². The maximum Gasteiger partial charge on any atom is 0.197 e. The second-order valence-electron chi connectivity index (χ2n) is 9.28. The predicted molar refractivity (Wildman–Crippen MR) is 94.0 cm³/mol. The van der Waals surface area contributed by atoms with Gasteiger partial charge < -0.3 is 19.4 Å². The predicted octanol–water partition coefficient (Wildman–Crippen LogP) is 1.45. The van der Waals surface area contributed by atoms with Crippen LogP contribution in [-0.4, -0.2) is 58.4 Å². The largest absolute Gasteiger partial charge is 0.504 e. The summed E-state index contributed by atoms with van der Waals surface area (Å²) in [5.74, 6) is 1.15. The zero-order valence-electron chi connectivity index (χ0n) is 14.9. The third-order valence-corrected chi connectivity index (χ3v) is 7.89. The maximum absolute atomic E-state index is 12.7. The fourth-order valence-corrected chi connectivity index (χ4v) is 6.52. The fourth-order valence-electron chi connectivity index (χ4n) is 6.52. The lowest BCUT2D eigenvalue weighted by molar-refractivity contribution is -0.949. The lowest BCUT2D eigenvalue weighted by Gasteiger charge is -2.62. The molecule has 2 N–H and O–H groups in total. The summed E-state index contributed by atoms with van der Waals surface area (Å²) in [7, 11) is 2.27. The van der Waals surface area contributed by atoms with Crippen LogP contribution in [0.2, 0.25) is 0 Å². The van der Waals surface area contributed by atoms with E-state index in [9.17, 15) is 15.0 Å². The Kier molecular flexibility index (Phi) is 2.54. The summed E-state index contributed by atoms with van der Waals surface area (Å²) in [5.41, 5.74) is 0.140. The van der Waals surface area contributed by atoms with Crippen LogP contribution >= 0.6 is 0 Å². The molecule has 5 heteroatoms. The average Bonchev–Trinajstić information content (AvgIpc) is 3.32. The van der Waals surface area contributed by atoms with Gasteiger partial charge in [0.25, 0.3) is 0 Å². The van der Waals surface area contributed by atoms with Crippen LogP contribution in [0.4, 0.5) is 0 Å². The summed E-state index contributed by atoms with van der Waals surface area (Å²) < 4.78 is 6.88. The SMILES string of the molecule is C[N+]1(CC2CC2)CCC23c4c5ccc(O)c4O[C@H]2C(=O)C=C[C@@]3(O)C1C5. The lowest BCUT2D eigenvalue weighted by atomic mass is 9.50. The minimum absolute atomic E-state index is 0.00953. The van der Waals surface area contributed by atoms with E-state index in [0.29, 0.717) is 12.2 Å². The Balaban J connectivity index is 1.63. The topological polar surface area (TPSA) is 66.8 Å². The van der Waals surface area contributed by atoms with Crippen molar-refractivity contribution in [2.75, 3.05) is 20.1 Å². The molecule has 1 saturated carbocycles. The zero-order valence-corrected chi connectivity index (χ0v) is 14.9. The molecule has 2 bridgehead atoms. The smallest absolute Gasteiger partial charge is 0.197 e. The number of piperidine rings is 1. The second kappa shape index (κ2) is 4.34. The van der Waals surface area contributed by atoms with Crippen molar-refractivity contribution >= 4 is 5.78 Å². The van der Waals surface area contributed by atoms with Crippen LogP contribution in [0.1, 0.15) is 30.4 Å². The van der Waals surface area contributed by atoms with Crippen LogP contribution in [-0.2, 0) is 16.6 Å². The maximum atomic E-state index is 12.7. The van der Waals surface area contributed by atoms with E-state index in [1.54, 1.807) is 12.1 Å². The third-order valence-electron chi connectivity index (χ3n) is 7.89. The summed E-state index contributed by atoms with van der Waals surface area (Å²) in [6, 6.07) is 3.64. The van der Waals surface area contributed by atoms with E-state index in [-0.39, 0.29) is 17.6 Å². The highest BCUT2D eigenvalue weighted by molar-refractivity contribution is 5.98. The molecule has 6 rings (SSSR count). The van der Waals surface area contributed by atoms with Crippen molar-refractivity contribution in [2.45, 2.75) is 48.8 Å². The molecule has 2 fully saturated rings. The van der Waals surface area contributed by atoms with Crippen molar-refractivity contribution in [3.8, 4) is 11.5 Å². The highest BCUT2D eigenvalue weighted by Gasteiger charge is 2.75. The van der Waals surface area contributed by atoms with Gasteiger partial charge in [-0.15, -0.1) is 0 Å². The number of rotatable bonds is 2. The number of aromatic hydroxyl groups is 1. The van der Waals surface area contributed by atoms with Gasteiger partial charge in [-0.25, -0.2) is 0 Å². The summed E-state index contributed by atoms with van der Waals surface area (Å²) in [6.07, 6.45) is 6.57. The van der Waals surface area contributed by atoms with Crippen molar-refractivity contribution in [3.05, 3.63) is 35.4 Å². The summed E-state index contributed by atoms with van der Waals surface area (Å²) in [4.78, 5) is 12.7. The number of benzene rings is 1. The monoisotopic (exact) mass is 354 g/mol. The molecule has 1 aromatic rings. The van der Waals surface area contributed by atoms with E-state index in [2.05, 4.69) is 7.05 Å². The molecule has 0 aromatic heterocycles. The van der Waals surface area contributed by atoms with Crippen molar-refractivity contribution in [2.24, 2.45) is 5.92 Å². The molecule has 5 aliphatic rings. The van der Waals surface area contributed by atoms with Crippen LogP contribution in [0.3, 0.4) is 0 Å². The van der Waals surface area contributed by atoms with Crippen molar-refractivity contribution in [1.82, 2.24) is 0 Å². The summed E-state index contributed by atoms with van der Waals surface area (Å²) >= 11 is 0. The van der Waals surface area contributed by atoms with Crippen LogP contribution in [0, 0.1) is 5.92 Å². The molecule has 5 atom stereocenters. The number of hydrogen-bond donors (Lipinski definition) is 2. The van der Waals surface area contributed by atoms with E-state index in [4.69, 9.17) is 4.74 Å². The van der Waals surface area contributed by atoms with Crippen molar-refractivity contribution < 1.29 is 24.2 Å². The number of quaternary nitrogens is 1. The Morgan fingerprint density at radius 2 is 2.15 bits per heavy atom. The quantitative estimate of drug-likeness (QED) is 0.789. The minimum Gasteiger partial charge on any atom is -0.504 e. The van der Waals surface area contributed by atoms with E-state index in [0.717, 1.165) is 41.0 Å². The Labute approximate surface area is 152 Å². The Morgan fingerprint density at radius 1 is 1.35 bits per heavy atom. The number of carbonyl (C=O) groups is 1. The van der Waals surface area contributed by atoms with Gasteiger partial charge in [0, 0.05) is 24.3 Å². The molecule has 5 nitrogen and oxygen atoms in total. The van der Waals surface area contributed by atoms with Crippen LogP contribution in [0.5, 0.6) is 11.5 Å². The second-order valence-corrected chi connectivity index (χ2v) is 9.28. The molecule has 1 spiro atoms. The van der Waals surface area contributed by atoms with Crippen LogP contribution < -0.4 is 4.74 Å². The first-order chi connectivity index (χ1) is 12.4. The van der Waals surface area contributed by atoms with Gasteiger partial charge in [0.05, 0.1) is 25.6 Å². The van der Waals surface area contributed by atoms with Gasteiger partial charge in [0.2, 0.25) is 0 Å². The van der Waals surface area contributed by atoms with Crippen LogP contribution in [0.25, 0.3) is 0 Å². The summed E-state index contributed by atoms with van der Waals surface area (Å²) in [6.45, 7) is 2.02. The molecule has 1 aromatic carbocycles. The standard InChI is InChI=1S/C21H23NO4/c1-22(11-12-2-3-12)9-8-20-17-13-4-5-14(23)18(17)26-19(20)15(24)6-7-21(20,25)16(22)10-13/h4-7,12,16,19,25H,2-3,8-11H2,1H3/p+1/t16?,19-,20?,21+,22?/m0/s1. The molecule has 136 valence electrons. The molecule has 1 saturated heterocycles. The van der Waals surface area contributed by atoms with Gasteiger partial charge in [0.1, 0.15) is 11.6 Å². The zero-order chi connectivity index (χ0) is 17.9. The van der Waals surface area contributed by atoms with E-state index < -0.39 is 17.1 Å². The van der Waals surface area contributed by atoms with Gasteiger partial charge in [-0.3, -0.25) is 4.79 Å². The molecular weight excluding hydrogens is 330 g/mol. The number of phenols is 1. The minimum atomic E-state index is -1.11. The van der Waals surface area contributed by atoms with E-state index >= 15 is 0 Å². The number of aliphatic hydroxyl groups is 1. The number of ketones is 1. The molecule has 2 aliphatic heterocycles. The first kappa shape index (κ1) is 15.2. The first-order valence-corrected chi connectivity index (χ1v) is 9.71. The molecule has 3 unspecified atom stereocenters. The van der Waals surface area contributed by atoms with Gasteiger partial charge in [-0.05, 0) is 36.6 Å². The van der Waals surface area contributed by atoms with Gasteiger partial charge in [-0.1, -0.05) is 6.07 Å². The average molecular weight is 354 g/mol. The first-order valence-electron chi connectivity index (χ1n) is 9.71. The lowest BCUT2D eigenvalue weighted by Crippen LogP contribution is -2.79. The van der Waals surface area contributed by atoms with Gasteiger partial charge >= 0.3 is 0 Å². The van der Waals surface area contributed by atoms with Gasteiger partial charge in [0.15, 0.2) is 23.4 Å². The molecule has 0 amide bonds. The number of likely N-dealkylation sites (N-methyl/N-ethyl adjacent to an activating group) is 1. The molecule has 0 radical (unpaired) electrons. The van der Waals surface area contributed by atoms with Crippen molar-refractivity contribution in [1.29, 1.82) is 0 Å². The molecular formula is C21H24NO4+. The molecule has 3 aliphatic carbocycles. The van der Waals surface area contributed by atoms with Crippen LogP contribution in [0.15, 0.2) is 24.3 Å². The number of carbonyl (C=O) groups excluding carboxylic acids is 1. The number of likely N-dealkylation sites (tertiary alicyclic amines) is 1. The van der Waals surface area contributed by atoms with E-state index in [1.807, 2.05) is 6.07 Å². The highest BCUT2D eigenvalue weighted by atomic mass is 16.5. The number of nitrogens with zero attached hydrogens (tertiary/aromatic N) is 1. The summed E-state index contributed by atoms with van der Waals surface area (Å²) in [5, 5.41) is 22.4. The number of ether oxygens (including phenoxy) is 1. The van der Waals surface area contributed by atoms with E-state index in [1.165, 1.54) is 18.9 Å². The van der Waals surface area contributed by atoms with Gasteiger partial charge in [-0.2, -0.15) is 0 Å². The Morgan fingerprint density at radius 3 is 2.92 bits per heavy atom. The Hall–Kier alpha value is -1.85. The molecule has 2 heterocycles. The fraction of sp³-hybridized carbons (Fsp3) is 0.571. The normalized spacial score (nSPS) is 44.6. The number of hydrogen-bond acceptors (Lipinski definition) is 4. The Bertz CT molecular complexity index is 890. The highest BCUT2D eigenvalue weighted by Crippen LogP contribution is 2.64. The third kappa shape index (κ3) is 1.50. The molecule has 26 heavy (non-hydrogen) atoms.